The Hall–Kier alpha value is -1.25. The summed E-state index contributed by atoms with van der Waals surface area (Å²) >= 11 is 1.92. The number of rotatable bonds is 6. The molecule has 0 saturated carbocycles. The number of carbonyl (C=O) groups excluding carboxylic acids is 1. The van der Waals surface area contributed by atoms with E-state index in [4.69, 9.17) is 0 Å². The summed E-state index contributed by atoms with van der Waals surface area (Å²) in [6.07, 6.45) is 2.39. The molecule has 1 fully saturated rings. The summed E-state index contributed by atoms with van der Waals surface area (Å²) in [6, 6.07) is 6.24. The zero-order chi connectivity index (χ0) is 17.7. The molecule has 2 unspecified atom stereocenters. The second-order valence-corrected chi connectivity index (χ2v) is 9.26. The predicted octanol–water partition coefficient (Wildman–Crippen LogP) is 2.19. The first-order chi connectivity index (χ1) is 11.3. The Kier molecular flexibility index (Phi) is 6.54. The summed E-state index contributed by atoms with van der Waals surface area (Å²) < 4.78 is 25.7. The van der Waals surface area contributed by atoms with Crippen molar-refractivity contribution in [1.29, 1.82) is 0 Å². The van der Waals surface area contributed by atoms with Gasteiger partial charge in [-0.15, -0.1) is 0 Å². The van der Waals surface area contributed by atoms with Gasteiger partial charge >= 0.3 is 6.03 Å². The van der Waals surface area contributed by atoms with Crippen molar-refractivity contribution in [3.05, 3.63) is 29.8 Å². The first-order valence-electron chi connectivity index (χ1n) is 8.00. The van der Waals surface area contributed by atoms with Gasteiger partial charge in [-0.05, 0) is 50.3 Å². The van der Waals surface area contributed by atoms with Gasteiger partial charge in [0.15, 0.2) is 0 Å². The van der Waals surface area contributed by atoms with Crippen molar-refractivity contribution in [1.82, 2.24) is 14.9 Å². The second kappa shape index (κ2) is 8.22. The van der Waals surface area contributed by atoms with Gasteiger partial charge in [-0.25, -0.2) is 17.9 Å². The summed E-state index contributed by atoms with van der Waals surface area (Å²) in [5.41, 5.74) is 0.863. The molecule has 2 atom stereocenters. The fourth-order valence-electron chi connectivity index (χ4n) is 2.61. The fourth-order valence-corrected chi connectivity index (χ4v) is 4.67. The molecule has 1 aromatic rings. The van der Waals surface area contributed by atoms with Crippen LogP contribution in [0.1, 0.15) is 31.4 Å². The molecule has 0 aliphatic carbocycles. The van der Waals surface area contributed by atoms with E-state index in [0.717, 1.165) is 12.1 Å². The normalized spacial score (nSPS) is 19.0. The zero-order valence-electron chi connectivity index (χ0n) is 14.3. The Morgan fingerprint density at radius 2 is 2.04 bits per heavy atom. The summed E-state index contributed by atoms with van der Waals surface area (Å²) in [7, 11) is -0.250. The van der Waals surface area contributed by atoms with Crippen molar-refractivity contribution < 1.29 is 13.2 Å². The quantitative estimate of drug-likeness (QED) is 0.803. The third-order valence-electron chi connectivity index (χ3n) is 4.15. The van der Waals surface area contributed by atoms with Crippen LogP contribution in [0.15, 0.2) is 29.2 Å². The van der Waals surface area contributed by atoms with Crippen molar-refractivity contribution in [2.24, 2.45) is 0 Å². The van der Waals surface area contributed by atoms with E-state index < -0.39 is 10.0 Å². The molecule has 134 valence electrons. The maximum absolute atomic E-state index is 12.3. The number of nitrogens with zero attached hydrogens (tertiary/aromatic N) is 1. The van der Waals surface area contributed by atoms with Crippen LogP contribution in [0.3, 0.4) is 0 Å². The van der Waals surface area contributed by atoms with E-state index in [1.807, 2.05) is 25.7 Å². The van der Waals surface area contributed by atoms with Gasteiger partial charge in [-0.3, -0.25) is 0 Å². The highest BCUT2D eigenvalue weighted by Gasteiger charge is 2.21. The topological polar surface area (TPSA) is 78.5 Å². The van der Waals surface area contributed by atoms with E-state index >= 15 is 0 Å². The molecule has 0 bridgehead atoms. The highest BCUT2D eigenvalue weighted by Crippen LogP contribution is 2.26. The lowest BCUT2D eigenvalue weighted by Gasteiger charge is -2.24. The van der Waals surface area contributed by atoms with Gasteiger partial charge in [0.25, 0.3) is 0 Å². The monoisotopic (exact) mass is 371 g/mol. The Bertz CT molecular complexity index is 656. The minimum Gasteiger partial charge on any atom is -0.331 e. The van der Waals surface area contributed by atoms with E-state index in [1.165, 1.54) is 25.6 Å². The Morgan fingerprint density at radius 3 is 2.58 bits per heavy atom. The number of nitrogens with one attached hydrogen (secondary N) is 2. The maximum Gasteiger partial charge on any atom is 0.317 e. The minimum absolute atomic E-state index is 0.109. The van der Waals surface area contributed by atoms with E-state index in [9.17, 15) is 13.2 Å². The highest BCUT2D eigenvalue weighted by molar-refractivity contribution is 8.00. The molecule has 1 aliphatic heterocycles. The molecule has 1 aliphatic rings. The third kappa shape index (κ3) is 4.87. The molecule has 2 N–H and O–H groups in total. The molecule has 0 radical (unpaired) electrons. The number of amides is 2. The summed E-state index contributed by atoms with van der Waals surface area (Å²) in [5.74, 6) is 1.18. The van der Waals surface area contributed by atoms with Crippen molar-refractivity contribution in [3.8, 4) is 0 Å². The van der Waals surface area contributed by atoms with Crippen LogP contribution in [0, 0.1) is 0 Å². The Labute approximate surface area is 148 Å². The Balaban J connectivity index is 1.93. The summed E-state index contributed by atoms with van der Waals surface area (Å²) in [4.78, 5) is 14.2. The predicted molar refractivity (Wildman–Crippen MR) is 97.7 cm³/mol. The van der Waals surface area contributed by atoms with Crippen molar-refractivity contribution in [3.63, 3.8) is 0 Å². The van der Waals surface area contributed by atoms with Gasteiger partial charge in [-0.1, -0.05) is 12.1 Å². The van der Waals surface area contributed by atoms with Gasteiger partial charge in [0.2, 0.25) is 10.0 Å². The average molecular weight is 372 g/mol. The van der Waals surface area contributed by atoms with E-state index in [2.05, 4.69) is 10.0 Å². The van der Waals surface area contributed by atoms with Gasteiger partial charge in [-0.2, -0.15) is 11.8 Å². The van der Waals surface area contributed by atoms with Crippen molar-refractivity contribution >= 4 is 27.8 Å². The zero-order valence-corrected chi connectivity index (χ0v) is 15.9. The summed E-state index contributed by atoms with van der Waals surface area (Å²) in [5, 5.41) is 3.48. The van der Waals surface area contributed by atoms with E-state index in [0.29, 0.717) is 5.25 Å². The fraction of sp³-hybridized carbons (Fsp3) is 0.562. The third-order valence-corrected chi connectivity index (χ3v) is 6.96. The number of benzene rings is 1. The number of hydrogen-bond donors (Lipinski definition) is 2. The molecular weight excluding hydrogens is 346 g/mol. The van der Waals surface area contributed by atoms with Crippen LogP contribution in [0.5, 0.6) is 0 Å². The standard InChI is InChI=1S/C16H25N3O3S2/c1-12(13-6-8-15(9-7-13)24(21,22)17-2)18-16(20)19(3)11-14-5-4-10-23-14/h6-9,12,14,17H,4-5,10-11H2,1-3H3,(H,18,20). The summed E-state index contributed by atoms with van der Waals surface area (Å²) in [6.45, 7) is 2.64. The number of thioether (sulfide) groups is 1. The number of urea groups is 1. The van der Waals surface area contributed by atoms with Crippen LogP contribution in [0.2, 0.25) is 0 Å². The smallest absolute Gasteiger partial charge is 0.317 e. The van der Waals surface area contributed by atoms with E-state index in [-0.39, 0.29) is 17.0 Å². The van der Waals surface area contributed by atoms with Crippen LogP contribution in [0.4, 0.5) is 4.79 Å². The molecular formula is C16H25N3O3S2. The molecule has 8 heteroatoms. The molecule has 1 aromatic carbocycles. The lowest BCUT2D eigenvalue weighted by Crippen LogP contribution is -2.41. The van der Waals surface area contributed by atoms with Crippen LogP contribution in [-0.4, -0.2) is 51.0 Å². The number of carbonyl (C=O) groups is 1. The molecule has 6 nitrogen and oxygen atoms in total. The lowest BCUT2D eigenvalue weighted by atomic mass is 10.1. The lowest BCUT2D eigenvalue weighted by molar-refractivity contribution is 0.205. The molecule has 2 rings (SSSR count). The van der Waals surface area contributed by atoms with Crippen LogP contribution in [-0.2, 0) is 10.0 Å². The second-order valence-electron chi connectivity index (χ2n) is 5.96. The largest absolute Gasteiger partial charge is 0.331 e. The van der Waals surface area contributed by atoms with Crippen LogP contribution >= 0.6 is 11.8 Å². The minimum atomic E-state index is -3.44. The SMILES string of the molecule is CNS(=O)(=O)c1ccc(C(C)NC(=O)N(C)CC2CCCS2)cc1. The number of sulfonamides is 1. The van der Waals surface area contributed by atoms with Gasteiger partial charge in [0, 0.05) is 18.8 Å². The van der Waals surface area contributed by atoms with Gasteiger partial charge in [0.1, 0.15) is 0 Å². The maximum atomic E-state index is 12.3. The first-order valence-corrected chi connectivity index (χ1v) is 10.5. The number of hydrogen-bond acceptors (Lipinski definition) is 4. The van der Waals surface area contributed by atoms with Crippen LogP contribution in [0.25, 0.3) is 0 Å². The van der Waals surface area contributed by atoms with Gasteiger partial charge in [0.05, 0.1) is 10.9 Å². The van der Waals surface area contributed by atoms with Crippen molar-refractivity contribution in [2.45, 2.75) is 36.0 Å². The molecule has 24 heavy (non-hydrogen) atoms. The van der Waals surface area contributed by atoms with Crippen LogP contribution < -0.4 is 10.0 Å². The molecule has 2 amide bonds. The average Bonchev–Trinajstić information content (AvgIpc) is 3.07. The molecule has 1 heterocycles. The molecule has 0 spiro atoms. The first kappa shape index (κ1) is 19.1. The van der Waals surface area contributed by atoms with Crippen molar-refractivity contribution in [2.75, 3.05) is 26.4 Å². The molecule has 0 aromatic heterocycles. The van der Waals surface area contributed by atoms with E-state index in [1.54, 1.807) is 29.2 Å². The van der Waals surface area contributed by atoms with Gasteiger partial charge < -0.3 is 10.2 Å². The Morgan fingerprint density at radius 1 is 1.38 bits per heavy atom. The molecule has 1 saturated heterocycles. The highest BCUT2D eigenvalue weighted by atomic mass is 32.2.